The van der Waals surface area contributed by atoms with Crippen molar-refractivity contribution < 1.29 is 4.79 Å². The van der Waals surface area contributed by atoms with Gasteiger partial charge in [-0.3, -0.25) is 14.4 Å². The Morgan fingerprint density at radius 3 is 3.00 bits per heavy atom. The van der Waals surface area contributed by atoms with E-state index in [9.17, 15) is 4.79 Å². The van der Waals surface area contributed by atoms with Crippen LogP contribution in [0.1, 0.15) is 10.4 Å². The number of nitrogens with zero attached hydrogens (tertiary/aromatic N) is 4. The van der Waals surface area contributed by atoms with Gasteiger partial charge in [-0.05, 0) is 20.2 Å². The van der Waals surface area contributed by atoms with Gasteiger partial charge in [0.05, 0.1) is 30.2 Å². The van der Waals surface area contributed by atoms with Crippen LogP contribution in [0, 0.1) is 11.8 Å². The molecule has 104 valence electrons. The van der Waals surface area contributed by atoms with Crippen LogP contribution >= 0.6 is 0 Å². The number of carbonyl (C=O) groups excluding carboxylic acids is 1. The standard InChI is InChI=1S/C14H17N5O/c1-18(2)9-5-4-7-16-14(20)11-6-8-15-13-12(11)10-17-19(13)3/h6,8,10H,7,9H2,1-3H3,(H,16,20). The third-order valence-electron chi connectivity index (χ3n) is 2.74. The van der Waals surface area contributed by atoms with Crippen molar-refractivity contribution >= 4 is 16.9 Å². The van der Waals surface area contributed by atoms with Gasteiger partial charge in [-0.1, -0.05) is 11.8 Å². The molecule has 0 aliphatic rings. The highest BCUT2D eigenvalue weighted by Crippen LogP contribution is 2.14. The molecule has 0 radical (unpaired) electrons. The number of nitrogens with one attached hydrogen (secondary N) is 1. The molecule has 2 heterocycles. The minimum atomic E-state index is -0.162. The van der Waals surface area contributed by atoms with Gasteiger partial charge in [-0.15, -0.1) is 0 Å². The summed E-state index contributed by atoms with van der Waals surface area (Å²) in [6.45, 7) is 1.01. The summed E-state index contributed by atoms with van der Waals surface area (Å²) in [5.41, 5.74) is 1.26. The lowest BCUT2D eigenvalue weighted by Gasteiger charge is -2.03. The second-order valence-corrected chi connectivity index (χ2v) is 4.64. The van der Waals surface area contributed by atoms with E-state index < -0.39 is 0 Å². The zero-order valence-electron chi connectivity index (χ0n) is 11.8. The molecular weight excluding hydrogens is 254 g/mol. The van der Waals surface area contributed by atoms with Crippen LogP contribution in [0.25, 0.3) is 11.0 Å². The lowest BCUT2D eigenvalue weighted by molar-refractivity contribution is 0.0960. The molecule has 1 N–H and O–H groups in total. The summed E-state index contributed by atoms with van der Waals surface area (Å²) in [5, 5.41) is 7.63. The van der Waals surface area contributed by atoms with Crippen LogP contribution in [0.5, 0.6) is 0 Å². The molecule has 2 rings (SSSR count). The molecule has 20 heavy (non-hydrogen) atoms. The van der Waals surface area contributed by atoms with E-state index in [1.807, 2.05) is 19.0 Å². The van der Waals surface area contributed by atoms with E-state index in [1.165, 1.54) is 0 Å². The number of aromatic nitrogens is 3. The van der Waals surface area contributed by atoms with Crippen molar-refractivity contribution in [2.24, 2.45) is 7.05 Å². The van der Waals surface area contributed by atoms with Crippen molar-refractivity contribution in [1.82, 2.24) is 25.0 Å². The first-order valence-corrected chi connectivity index (χ1v) is 6.25. The normalized spacial score (nSPS) is 10.4. The number of pyridine rings is 1. The highest BCUT2D eigenvalue weighted by atomic mass is 16.1. The van der Waals surface area contributed by atoms with Crippen molar-refractivity contribution in [2.75, 3.05) is 27.2 Å². The molecule has 2 aromatic heterocycles. The van der Waals surface area contributed by atoms with Crippen molar-refractivity contribution in [2.45, 2.75) is 0 Å². The maximum absolute atomic E-state index is 12.1. The first-order valence-electron chi connectivity index (χ1n) is 6.25. The Bertz CT molecular complexity index is 678. The van der Waals surface area contributed by atoms with E-state index in [0.29, 0.717) is 24.3 Å². The van der Waals surface area contributed by atoms with Crippen molar-refractivity contribution in [3.8, 4) is 11.8 Å². The molecule has 0 aliphatic heterocycles. The van der Waals surface area contributed by atoms with Crippen LogP contribution in [0.3, 0.4) is 0 Å². The minimum absolute atomic E-state index is 0.162. The van der Waals surface area contributed by atoms with Crippen LogP contribution < -0.4 is 5.32 Å². The molecule has 0 saturated carbocycles. The number of fused-ring (bicyclic) bond motifs is 1. The van der Waals surface area contributed by atoms with Gasteiger partial charge in [-0.2, -0.15) is 5.10 Å². The quantitative estimate of drug-likeness (QED) is 0.814. The summed E-state index contributed by atoms with van der Waals surface area (Å²) in [7, 11) is 5.69. The third kappa shape index (κ3) is 3.13. The maximum Gasteiger partial charge on any atom is 0.252 e. The van der Waals surface area contributed by atoms with Crippen molar-refractivity contribution in [3.05, 3.63) is 24.0 Å². The van der Waals surface area contributed by atoms with Crippen LogP contribution in [0.2, 0.25) is 0 Å². The summed E-state index contributed by atoms with van der Waals surface area (Å²) < 4.78 is 1.64. The van der Waals surface area contributed by atoms with Gasteiger partial charge < -0.3 is 5.32 Å². The van der Waals surface area contributed by atoms with Gasteiger partial charge in [0.2, 0.25) is 0 Å². The summed E-state index contributed by atoms with van der Waals surface area (Å²) in [5.74, 6) is 5.71. The zero-order chi connectivity index (χ0) is 14.5. The monoisotopic (exact) mass is 271 g/mol. The number of hydrogen-bond donors (Lipinski definition) is 1. The van der Waals surface area contributed by atoms with E-state index in [0.717, 1.165) is 5.39 Å². The minimum Gasteiger partial charge on any atom is -0.341 e. The Labute approximate surface area is 117 Å². The molecule has 6 nitrogen and oxygen atoms in total. The van der Waals surface area contributed by atoms with Crippen LogP contribution in [0.15, 0.2) is 18.5 Å². The van der Waals surface area contributed by atoms with Crippen LogP contribution in [-0.4, -0.2) is 52.8 Å². The predicted octanol–water partition coefficient (Wildman–Crippen LogP) is 0.263. The van der Waals surface area contributed by atoms with Gasteiger partial charge >= 0.3 is 0 Å². The Balaban J connectivity index is 2.06. The van der Waals surface area contributed by atoms with Gasteiger partial charge in [0.15, 0.2) is 5.65 Å². The van der Waals surface area contributed by atoms with Gasteiger partial charge in [-0.25, -0.2) is 4.98 Å². The largest absolute Gasteiger partial charge is 0.341 e. The van der Waals surface area contributed by atoms with Crippen LogP contribution in [0.4, 0.5) is 0 Å². The number of rotatable bonds is 3. The SMILES string of the molecule is CN(C)CC#CCNC(=O)c1ccnc2c1cnn2C. The van der Waals surface area contributed by atoms with E-state index in [4.69, 9.17) is 0 Å². The average Bonchev–Trinajstić information content (AvgIpc) is 2.80. The molecule has 0 unspecified atom stereocenters. The average molecular weight is 271 g/mol. The zero-order valence-corrected chi connectivity index (χ0v) is 11.8. The van der Waals surface area contributed by atoms with E-state index >= 15 is 0 Å². The summed E-state index contributed by atoms with van der Waals surface area (Å²) in [6, 6.07) is 1.69. The van der Waals surface area contributed by atoms with E-state index in [2.05, 4.69) is 27.2 Å². The molecule has 0 aromatic carbocycles. The van der Waals surface area contributed by atoms with Crippen LogP contribution in [-0.2, 0) is 7.05 Å². The molecule has 0 aliphatic carbocycles. The molecular formula is C14H17N5O. The fourth-order valence-corrected chi connectivity index (χ4v) is 1.74. The molecule has 0 spiro atoms. The fourth-order valence-electron chi connectivity index (χ4n) is 1.74. The first kappa shape index (κ1) is 14.0. The number of carbonyl (C=O) groups is 1. The van der Waals surface area contributed by atoms with Gasteiger partial charge in [0.25, 0.3) is 5.91 Å². The summed E-state index contributed by atoms with van der Waals surface area (Å²) in [6.07, 6.45) is 3.26. The smallest absolute Gasteiger partial charge is 0.252 e. The molecule has 0 atom stereocenters. The van der Waals surface area contributed by atoms with E-state index in [-0.39, 0.29) is 5.91 Å². The number of hydrogen-bond acceptors (Lipinski definition) is 4. The molecule has 0 saturated heterocycles. The second kappa shape index (κ2) is 6.17. The molecule has 2 aromatic rings. The summed E-state index contributed by atoms with van der Waals surface area (Å²) >= 11 is 0. The highest BCUT2D eigenvalue weighted by Gasteiger charge is 2.12. The fraction of sp³-hybridized carbons (Fsp3) is 0.357. The topological polar surface area (TPSA) is 63.1 Å². The molecule has 0 bridgehead atoms. The number of amides is 1. The lowest BCUT2D eigenvalue weighted by Crippen LogP contribution is -2.24. The first-order chi connectivity index (χ1) is 9.59. The Morgan fingerprint density at radius 2 is 2.25 bits per heavy atom. The van der Waals surface area contributed by atoms with Crippen molar-refractivity contribution in [1.29, 1.82) is 0 Å². The maximum atomic E-state index is 12.1. The van der Waals surface area contributed by atoms with E-state index in [1.54, 1.807) is 30.2 Å². The molecule has 1 amide bonds. The summed E-state index contributed by atoms with van der Waals surface area (Å²) in [4.78, 5) is 18.3. The highest BCUT2D eigenvalue weighted by molar-refractivity contribution is 6.05. The second-order valence-electron chi connectivity index (χ2n) is 4.64. The number of aryl methyl sites for hydroxylation is 1. The van der Waals surface area contributed by atoms with Crippen molar-refractivity contribution in [3.63, 3.8) is 0 Å². The van der Waals surface area contributed by atoms with Gasteiger partial charge in [0, 0.05) is 13.2 Å². The Morgan fingerprint density at radius 1 is 1.45 bits per heavy atom. The molecule has 0 fully saturated rings. The van der Waals surface area contributed by atoms with Gasteiger partial charge in [0.1, 0.15) is 0 Å². The predicted molar refractivity (Wildman–Crippen MR) is 77.2 cm³/mol. The lowest BCUT2D eigenvalue weighted by atomic mass is 10.2. The third-order valence-corrected chi connectivity index (χ3v) is 2.74. The Hall–Kier alpha value is -2.39. The Kier molecular flexibility index (Phi) is 4.33. The molecule has 6 heteroatoms.